The smallest absolute Gasteiger partial charge is 0.414 e. The average molecular weight is 581 g/mol. The summed E-state index contributed by atoms with van der Waals surface area (Å²) in [6.45, 7) is 0.607. The number of nitrogens with zero attached hydrogens (tertiary/aromatic N) is 8. The lowest BCUT2D eigenvalue weighted by atomic mass is 10.0. The second-order valence-electron chi connectivity index (χ2n) is 10.1. The Bertz CT molecular complexity index is 1480. The van der Waals surface area contributed by atoms with Crippen LogP contribution in [0.5, 0.6) is 0 Å². The molecule has 3 aromatic rings. The summed E-state index contributed by atoms with van der Waals surface area (Å²) in [6.07, 6.45) is 3.79. The van der Waals surface area contributed by atoms with Crippen molar-refractivity contribution in [3.8, 4) is 11.1 Å². The first-order valence-electron chi connectivity index (χ1n) is 13.1. The van der Waals surface area contributed by atoms with E-state index in [1.165, 1.54) is 33.2 Å². The van der Waals surface area contributed by atoms with Crippen molar-refractivity contribution in [2.45, 2.75) is 25.2 Å². The zero-order valence-electron chi connectivity index (χ0n) is 23.0. The van der Waals surface area contributed by atoms with E-state index < -0.39 is 24.0 Å². The quantitative estimate of drug-likeness (QED) is 0.352. The fraction of sp³-hybridized carbons (Fsp3) is 0.370. The molecule has 1 unspecified atom stereocenters. The van der Waals surface area contributed by atoms with Gasteiger partial charge in [-0.25, -0.2) is 13.9 Å². The van der Waals surface area contributed by atoms with Crippen LogP contribution in [0.4, 0.5) is 14.9 Å². The van der Waals surface area contributed by atoms with Crippen LogP contribution in [0.25, 0.3) is 11.1 Å². The lowest BCUT2D eigenvalue weighted by Crippen LogP contribution is -2.41. The number of carbonyl (C=O) groups excluding carboxylic acids is 2. The highest BCUT2D eigenvalue weighted by Crippen LogP contribution is 2.29. The predicted molar refractivity (Wildman–Crippen MR) is 146 cm³/mol. The van der Waals surface area contributed by atoms with E-state index in [-0.39, 0.29) is 38.2 Å². The number of carboxylic acids is 1. The number of anilines is 1. The number of aliphatic carboxylic acids is 1. The molecule has 220 valence electrons. The van der Waals surface area contributed by atoms with Crippen LogP contribution >= 0.6 is 0 Å². The Labute approximate surface area is 239 Å². The maximum absolute atomic E-state index is 15.2. The number of rotatable bonds is 11. The molecule has 5 rings (SSSR count). The van der Waals surface area contributed by atoms with Gasteiger partial charge in [-0.15, -0.1) is 5.10 Å². The van der Waals surface area contributed by atoms with Crippen LogP contribution in [0.15, 0.2) is 54.1 Å². The lowest BCUT2D eigenvalue weighted by Gasteiger charge is -2.22. The molecule has 2 aliphatic rings. The predicted octanol–water partition coefficient (Wildman–Crippen LogP) is 1.47. The molecule has 1 saturated heterocycles. The van der Waals surface area contributed by atoms with E-state index in [2.05, 4.69) is 20.5 Å². The standard InChI is InChI=1S/C27H29FN8O6/c1-33(16-26(38)39)15-25(37)34(2)12-19-10-24(31-42-19)23-6-3-17(11-29-23)21-5-4-18(9-22(21)28)36-14-20(41-27(36)40)13-35-8-7-30-32-35/h3-9,11,19-20H,10,12-16H2,1-2H3,(H,38,39)/t19-,20?/m0/s1. The van der Waals surface area contributed by atoms with Crippen LogP contribution in [-0.2, 0) is 25.7 Å². The van der Waals surface area contributed by atoms with Crippen molar-refractivity contribution in [1.29, 1.82) is 0 Å². The number of hydrogen-bond donors (Lipinski definition) is 1. The van der Waals surface area contributed by atoms with Gasteiger partial charge in [0.15, 0.2) is 6.10 Å². The molecular weight excluding hydrogens is 551 g/mol. The third kappa shape index (κ3) is 6.68. The van der Waals surface area contributed by atoms with Gasteiger partial charge in [-0.2, -0.15) is 0 Å². The Morgan fingerprint density at radius 2 is 2.00 bits per heavy atom. The summed E-state index contributed by atoms with van der Waals surface area (Å²) >= 11 is 0. The number of carboxylic acid groups (broad SMARTS) is 1. The van der Waals surface area contributed by atoms with Crippen molar-refractivity contribution < 1.29 is 33.5 Å². The molecule has 2 atom stereocenters. The number of hydrogen-bond acceptors (Lipinski definition) is 10. The number of ether oxygens (including phenoxy) is 1. The van der Waals surface area contributed by atoms with Crippen LogP contribution in [0, 0.1) is 5.82 Å². The summed E-state index contributed by atoms with van der Waals surface area (Å²) in [5, 5.41) is 20.6. The molecule has 0 bridgehead atoms. The number of oxime groups is 1. The highest BCUT2D eigenvalue weighted by Gasteiger charge is 2.33. The highest BCUT2D eigenvalue weighted by molar-refractivity contribution is 6.00. The van der Waals surface area contributed by atoms with E-state index in [9.17, 15) is 14.4 Å². The van der Waals surface area contributed by atoms with Crippen molar-refractivity contribution in [2.75, 3.05) is 45.2 Å². The number of amides is 2. The van der Waals surface area contributed by atoms with Gasteiger partial charge >= 0.3 is 12.1 Å². The normalized spacial score (nSPS) is 18.1. The van der Waals surface area contributed by atoms with Crippen molar-refractivity contribution in [3.63, 3.8) is 0 Å². The topological polar surface area (TPSA) is 156 Å². The SMILES string of the molecule is CN(CC(=O)O)CC(=O)N(C)C[C@@H]1CC(c2ccc(-c3ccc(N4CC(Cn5ccnn5)OC4=O)cc3F)cn2)=NO1. The van der Waals surface area contributed by atoms with Gasteiger partial charge in [0.1, 0.15) is 17.6 Å². The van der Waals surface area contributed by atoms with Crippen LogP contribution in [0.3, 0.4) is 0 Å². The maximum Gasteiger partial charge on any atom is 0.414 e. The molecule has 0 aliphatic carbocycles. The molecule has 4 heterocycles. The first-order chi connectivity index (χ1) is 20.2. The first-order valence-corrected chi connectivity index (χ1v) is 13.1. The zero-order valence-corrected chi connectivity index (χ0v) is 23.0. The molecule has 15 heteroatoms. The monoisotopic (exact) mass is 580 g/mol. The number of carbonyl (C=O) groups is 3. The van der Waals surface area contributed by atoms with Gasteiger partial charge in [0.2, 0.25) is 5.91 Å². The number of aromatic nitrogens is 4. The van der Waals surface area contributed by atoms with Gasteiger partial charge in [-0.05, 0) is 31.3 Å². The van der Waals surface area contributed by atoms with E-state index in [1.54, 1.807) is 49.2 Å². The molecule has 0 spiro atoms. The largest absolute Gasteiger partial charge is 0.480 e. The van der Waals surface area contributed by atoms with Gasteiger partial charge in [0.25, 0.3) is 0 Å². The Morgan fingerprint density at radius 3 is 2.69 bits per heavy atom. The van der Waals surface area contributed by atoms with E-state index in [0.29, 0.717) is 41.2 Å². The van der Waals surface area contributed by atoms with Gasteiger partial charge in [0.05, 0.1) is 50.3 Å². The molecule has 1 aromatic carbocycles. The van der Waals surface area contributed by atoms with Crippen molar-refractivity contribution in [2.24, 2.45) is 5.16 Å². The number of benzene rings is 1. The molecule has 2 amide bonds. The van der Waals surface area contributed by atoms with E-state index in [4.69, 9.17) is 14.7 Å². The molecule has 1 fully saturated rings. The van der Waals surface area contributed by atoms with Crippen molar-refractivity contribution in [1.82, 2.24) is 29.8 Å². The van der Waals surface area contributed by atoms with E-state index >= 15 is 4.39 Å². The van der Waals surface area contributed by atoms with Crippen LogP contribution < -0.4 is 4.90 Å². The summed E-state index contributed by atoms with van der Waals surface area (Å²) in [6, 6.07) is 7.98. The molecule has 0 radical (unpaired) electrons. The molecule has 14 nitrogen and oxygen atoms in total. The summed E-state index contributed by atoms with van der Waals surface area (Å²) in [5.74, 6) is -1.76. The lowest BCUT2D eigenvalue weighted by molar-refractivity contribution is -0.139. The van der Waals surface area contributed by atoms with E-state index in [1.807, 2.05) is 0 Å². The molecule has 42 heavy (non-hydrogen) atoms. The van der Waals surface area contributed by atoms with Gasteiger partial charge in [-0.3, -0.25) is 24.4 Å². The maximum atomic E-state index is 15.2. The fourth-order valence-corrected chi connectivity index (χ4v) is 4.72. The van der Waals surface area contributed by atoms with Crippen LogP contribution in [0.2, 0.25) is 0 Å². The molecular formula is C27H29FN8O6. The Hall–Kier alpha value is -4.92. The molecule has 1 N–H and O–H groups in total. The minimum atomic E-state index is -1.01. The van der Waals surface area contributed by atoms with Gasteiger partial charge in [0, 0.05) is 37.0 Å². The Morgan fingerprint density at radius 1 is 1.17 bits per heavy atom. The minimum Gasteiger partial charge on any atom is -0.480 e. The molecule has 0 saturated carbocycles. The number of likely N-dealkylation sites (N-methyl/N-ethyl adjacent to an activating group) is 2. The third-order valence-corrected chi connectivity index (χ3v) is 6.82. The summed E-state index contributed by atoms with van der Waals surface area (Å²) < 4.78 is 22.1. The summed E-state index contributed by atoms with van der Waals surface area (Å²) in [5.41, 5.74) is 2.40. The van der Waals surface area contributed by atoms with Crippen molar-refractivity contribution in [3.05, 3.63) is 60.4 Å². The van der Waals surface area contributed by atoms with Gasteiger partial charge < -0.3 is 19.6 Å². The van der Waals surface area contributed by atoms with Crippen molar-refractivity contribution >= 4 is 29.4 Å². The number of halogens is 1. The number of pyridine rings is 1. The Balaban J connectivity index is 1.16. The molecule has 2 aromatic heterocycles. The first kappa shape index (κ1) is 28.6. The number of cyclic esters (lactones) is 1. The second-order valence-corrected chi connectivity index (χ2v) is 10.1. The Kier molecular flexibility index (Phi) is 8.38. The minimum absolute atomic E-state index is 0.0313. The highest BCUT2D eigenvalue weighted by atomic mass is 19.1. The van der Waals surface area contributed by atoms with Crippen LogP contribution in [-0.4, -0.2) is 111 Å². The zero-order chi connectivity index (χ0) is 29.8. The van der Waals surface area contributed by atoms with E-state index in [0.717, 1.165) is 0 Å². The second kappa shape index (κ2) is 12.3. The summed E-state index contributed by atoms with van der Waals surface area (Å²) in [7, 11) is 3.18. The van der Waals surface area contributed by atoms with Gasteiger partial charge in [-0.1, -0.05) is 16.4 Å². The average Bonchev–Trinajstić information content (AvgIpc) is 3.70. The van der Waals surface area contributed by atoms with Crippen LogP contribution in [0.1, 0.15) is 12.1 Å². The third-order valence-electron chi connectivity index (χ3n) is 6.82. The fourth-order valence-electron chi connectivity index (χ4n) is 4.72. The summed E-state index contributed by atoms with van der Waals surface area (Å²) in [4.78, 5) is 49.8. The molecule has 2 aliphatic heterocycles.